The zero-order valence-corrected chi connectivity index (χ0v) is 10.8. The molecule has 102 valence electrons. The van der Waals surface area contributed by atoms with E-state index in [-0.39, 0.29) is 11.9 Å². The van der Waals surface area contributed by atoms with Gasteiger partial charge in [-0.1, -0.05) is 18.2 Å². The Hall–Kier alpha value is -1.71. The Bertz CT molecular complexity index is 499. The van der Waals surface area contributed by atoms with E-state index < -0.39 is 11.6 Å². The van der Waals surface area contributed by atoms with Gasteiger partial charge in [-0.05, 0) is 43.4 Å². The molecule has 0 aliphatic heterocycles. The summed E-state index contributed by atoms with van der Waals surface area (Å²) in [6, 6.07) is 3.36. The van der Waals surface area contributed by atoms with Gasteiger partial charge in [0.1, 0.15) is 0 Å². The van der Waals surface area contributed by atoms with Crippen LogP contribution in [0.3, 0.4) is 0 Å². The van der Waals surface area contributed by atoms with Crippen molar-refractivity contribution in [3.05, 3.63) is 47.5 Å². The average molecular weight is 265 g/mol. The van der Waals surface area contributed by atoms with Gasteiger partial charge in [0.05, 0.1) is 6.04 Å². The maximum Gasteiger partial charge on any atom is 0.221 e. The minimum absolute atomic E-state index is 0.0613. The summed E-state index contributed by atoms with van der Waals surface area (Å²) in [4.78, 5) is 11.8. The summed E-state index contributed by atoms with van der Waals surface area (Å²) in [5.74, 6) is -1.53. The zero-order chi connectivity index (χ0) is 13.8. The highest BCUT2D eigenvalue weighted by molar-refractivity contribution is 5.77. The van der Waals surface area contributed by atoms with Crippen molar-refractivity contribution in [1.29, 1.82) is 0 Å². The van der Waals surface area contributed by atoms with Crippen LogP contribution in [-0.4, -0.2) is 5.91 Å². The molecule has 2 atom stereocenters. The van der Waals surface area contributed by atoms with Crippen molar-refractivity contribution < 1.29 is 13.6 Å². The Morgan fingerprint density at radius 2 is 2.21 bits per heavy atom. The Morgan fingerprint density at radius 3 is 2.84 bits per heavy atom. The number of amides is 1. The normalized spacial score (nSPS) is 19.4. The molecule has 1 aliphatic rings. The quantitative estimate of drug-likeness (QED) is 0.829. The molecule has 0 saturated carbocycles. The molecule has 1 aliphatic carbocycles. The standard InChI is InChI=1S/C15H17F2NO/c1-10(12-6-7-13(16)14(17)9-12)18-15(19)8-11-4-2-3-5-11/h2,4,6-7,9-11H,3,5,8H2,1H3,(H,18,19). The lowest BCUT2D eigenvalue weighted by molar-refractivity contribution is -0.122. The number of benzene rings is 1. The molecule has 0 radical (unpaired) electrons. The smallest absolute Gasteiger partial charge is 0.221 e. The van der Waals surface area contributed by atoms with E-state index in [4.69, 9.17) is 0 Å². The number of nitrogens with one attached hydrogen (secondary N) is 1. The van der Waals surface area contributed by atoms with Gasteiger partial charge >= 0.3 is 0 Å². The molecule has 2 nitrogen and oxygen atoms in total. The van der Waals surface area contributed by atoms with Crippen molar-refractivity contribution in [2.45, 2.75) is 32.2 Å². The predicted octanol–water partition coefficient (Wildman–Crippen LogP) is 3.50. The minimum atomic E-state index is -0.891. The molecule has 0 aromatic heterocycles. The van der Waals surface area contributed by atoms with Crippen LogP contribution in [0.4, 0.5) is 8.78 Å². The van der Waals surface area contributed by atoms with E-state index in [1.807, 2.05) is 0 Å². The Balaban J connectivity index is 1.92. The van der Waals surface area contributed by atoms with Gasteiger partial charge in [-0.2, -0.15) is 0 Å². The largest absolute Gasteiger partial charge is 0.350 e. The molecule has 1 amide bonds. The maximum absolute atomic E-state index is 13.1. The van der Waals surface area contributed by atoms with Gasteiger partial charge in [-0.15, -0.1) is 0 Å². The molecule has 2 unspecified atom stereocenters. The molecule has 0 bridgehead atoms. The van der Waals surface area contributed by atoms with Crippen LogP contribution in [0.1, 0.15) is 37.8 Å². The first-order chi connectivity index (χ1) is 9.06. The number of halogens is 2. The summed E-state index contributed by atoms with van der Waals surface area (Å²) >= 11 is 0. The van der Waals surface area contributed by atoms with E-state index in [0.717, 1.165) is 25.0 Å². The van der Waals surface area contributed by atoms with Crippen LogP contribution in [0.2, 0.25) is 0 Å². The summed E-state index contributed by atoms with van der Waals surface area (Å²) < 4.78 is 25.9. The van der Waals surface area contributed by atoms with E-state index >= 15 is 0 Å². The molecule has 19 heavy (non-hydrogen) atoms. The van der Waals surface area contributed by atoms with E-state index in [0.29, 0.717) is 17.9 Å². The SMILES string of the molecule is CC(NC(=O)CC1C=CCC1)c1ccc(F)c(F)c1. The van der Waals surface area contributed by atoms with Gasteiger partial charge in [0, 0.05) is 6.42 Å². The van der Waals surface area contributed by atoms with Gasteiger partial charge in [-0.3, -0.25) is 4.79 Å². The molecule has 4 heteroatoms. The Labute approximate surface area is 111 Å². The molecule has 1 N–H and O–H groups in total. The first kappa shape index (κ1) is 13.7. The van der Waals surface area contributed by atoms with Crippen LogP contribution >= 0.6 is 0 Å². The third kappa shape index (κ3) is 3.63. The number of rotatable bonds is 4. The number of carbonyl (C=O) groups is 1. The minimum Gasteiger partial charge on any atom is -0.350 e. The highest BCUT2D eigenvalue weighted by Gasteiger charge is 2.16. The number of carbonyl (C=O) groups excluding carboxylic acids is 1. The highest BCUT2D eigenvalue weighted by atomic mass is 19.2. The monoisotopic (exact) mass is 265 g/mol. The van der Waals surface area contributed by atoms with Crippen LogP contribution in [0.5, 0.6) is 0 Å². The number of hydrogen-bond acceptors (Lipinski definition) is 1. The molecular formula is C15H17F2NO. The van der Waals surface area contributed by atoms with E-state index in [1.165, 1.54) is 6.07 Å². The molecular weight excluding hydrogens is 248 g/mol. The predicted molar refractivity (Wildman–Crippen MR) is 69.4 cm³/mol. The third-order valence-electron chi connectivity index (χ3n) is 3.38. The lowest BCUT2D eigenvalue weighted by Gasteiger charge is -2.16. The van der Waals surface area contributed by atoms with Crippen LogP contribution in [0.25, 0.3) is 0 Å². The number of hydrogen-bond donors (Lipinski definition) is 1. The van der Waals surface area contributed by atoms with Crippen molar-refractivity contribution in [2.75, 3.05) is 0 Å². The van der Waals surface area contributed by atoms with Crippen LogP contribution in [-0.2, 0) is 4.79 Å². The van der Waals surface area contributed by atoms with Gasteiger partial charge in [0.2, 0.25) is 5.91 Å². The van der Waals surface area contributed by atoms with Crippen LogP contribution < -0.4 is 5.32 Å². The maximum atomic E-state index is 13.1. The van der Waals surface area contributed by atoms with Gasteiger partial charge in [0.15, 0.2) is 11.6 Å². The van der Waals surface area contributed by atoms with Crippen molar-refractivity contribution in [1.82, 2.24) is 5.32 Å². The second kappa shape index (κ2) is 5.95. The first-order valence-electron chi connectivity index (χ1n) is 6.47. The Kier molecular flexibility index (Phi) is 4.30. The second-order valence-corrected chi connectivity index (χ2v) is 4.93. The van der Waals surface area contributed by atoms with Crippen molar-refractivity contribution in [3.8, 4) is 0 Å². The first-order valence-corrected chi connectivity index (χ1v) is 6.47. The highest BCUT2D eigenvalue weighted by Crippen LogP contribution is 2.21. The zero-order valence-electron chi connectivity index (χ0n) is 10.8. The molecule has 0 heterocycles. The molecule has 0 spiro atoms. The van der Waals surface area contributed by atoms with Gasteiger partial charge < -0.3 is 5.32 Å². The molecule has 1 aromatic rings. The van der Waals surface area contributed by atoms with E-state index in [9.17, 15) is 13.6 Å². The summed E-state index contributed by atoms with van der Waals surface area (Å²) in [7, 11) is 0. The van der Waals surface area contributed by atoms with E-state index in [2.05, 4.69) is 17.5 Å². The summed E-state index contributed by atoms with van der Waals surface area (Å²) in [5.41, 5.74) is 0.564. The fraction of sp³-hybridized carbons (Fsp3) is 0.400. The molecule has 1 aromatic carbocycles. The lowest BCUT2D eigenvalue weighted by Crippen LogP contribution is -2.27. The fourth-order valence-electron chi connectivity index (χ4n) is 2.27. The summed E-state index contributed by atoms with van der Waals surface area (Å²) in [5, 5.41) is 2.81. The Morgan fingerprint density at radius 1 is 1.42 bits per heavy atom. The summed E-state index contributed by atoms with van der Waals surface area (Å²) in [6.07, 6.45) is 6.62. The van der Waals surface area contributed by atoms with Crippen LogP contribution in [0.15, 0.2) is 30.4 Å². The molecule has 0 saturated heterocycles. The van der Waals surface area contributed by atoms with Crippen molar-refractivity contribution in [2.24, 2.45) is 5.92 Å². The summed E-state index contributed by atoms with van der Waals surface area (Å²) in [6.45, 7) is 1.76. The fourth-order valence-corrected chi connectivity index (χ4v) is 2.27. The lowest BCUT2D eigenvalue weighted by atomic mass is 10.0. The molecule has 0 fully saturated rings. The van der Waals surface area contributed by atoms with Crippen molar-refractivity contribution in [3.63, 3.8) is 0 Å². The average Bonchev–Trinajstić information content (AvgIpc) is 2.85. The molecule has 2 rings (SSSR count). The van der Waals surface area contributed by atoms with E-state index in [1.54, 1.807) is 6.92 Å². The van der Waals surface area contributed by atoms with Crippen molar-refractivity contribution >= 4 is 5.91 Å². The number of allylic oxidation sites excluding steroid dienone is 2. The van der Waals surface area contributed by atoms with Crippen LogP contribution in [0, 0.1) is 17.6 Å². The topological polar surface area (TPSA) is 29.1 Å². The third-order valence-corrected chi connectivity index (χ3v) is 3.38. The van der Waals surface area contributed by atoms with Gasteiger partial charge in [-0.25, -0.2) is 8.78 Å². The second-order valence-electron chi connectivity index (χ2n) is 4.93. The van der Waals surface area contributed by atoms with Gasteiger partial charge in [0.25, 0.3) is 0 Å².